The van der Waals surface area contributed by atoms with Crippen molar-refractivity contribution >= 4 is 5.97 Å². The number of aliphatic carboxylic acids is 1. The van der Waals surface area contributed by atoms with Crippen molar-refractivity contribution in [1.29, 1.82) is 0 Å². The van der Waals surface area contributed by atoms with Crippen LogP contribution in [0.25, 0.3) is 0 Å². The fourth-order valence-electron chi connectivity index (χ4n) is 3.66. The van der Waals surface area contributed by atoms with Crippen molar-refractivity contribution in [2.24, 2.45) is 0 Å². The number of hydrogen-bond donors (Lipinski definition) is 3. The van der Waals surface area contributed by atoms with Crippen LogP contribution in [0.5, 0.6) is 11.5 Å². The Morgan fingerprint density at radius 1 is 1.12 bits per heavy atom. The highest BCUT2D eigenvalue weighted by atomic mass is 19.4. The van der Waals surface area contributed by atoms with Crippen LogP contribution in [0.2, 0.25) is 0 Å². The lowest BCUT2D eigenvalue weighted by Gasteiger charge is -2.33. The number of fused-ring (bicyclic) bond motifs is 1. The molecule has 3 N–H and O–H groups in total. The molecule has 32 heavy (non-hydrogen) atoms. The number of rotatable bonds is 4. The van der Waals surface area contributed by atoms with Crippen molar-refractivity contribution in [3.8, 4) is 11.5 Å². The Labute approximate surface area is 182 Å². The first-order valence-electron chi connectivity index (χ1n) is 10.1. The number of nitrogens with one attached hydrogen (secondary N) is 2. The minimum Gasteiger partial charge on any atom is -0.486 e. The van der Waals surface area contributed by atoms with Crippen molar-refractivity contribution in [1.82, 2.24) is 10.6 Å². The number of carboxylic acids is 1. The number of halogens is 4. The van der Waals surface area contributed by atoms with E-state index in [1.807, 2.05) is 18.2 Å². The number of carboxylic acid groups (broad SMARTS) is 1. The average Bonchev–Trinajstić information content (AvgIpc) is 2.77. The summed E-state index contributed by atoms with van der Waals surface area (Å²) < 4.78 is 56.6. The highest BCUT2D eigenvalue weighted by Gasteiger charge is 2.38. The first-order valence-corrected chi connectivity index (χ1v) is 10.1. The fourth-order valence-corrected chi connectivity index (χ4v) is 3.66. The molecule has 0 amide bonds. The topological polar surface area (TPSA) is 79.8 Å². The standard InChI is InChI=1S/C20H23FN2O2.C2HF3O2/c21-16-3-1-2-15(11-16)17-6-7-22-13-18(17)23-12-14-4-5-19-20(10-14)25-9-8-24-19;3-2(4,5)1(6)7/h1-5,10-11,17-18,22-23H,6-9,12-13H2;(H,6,7)/t17-,18-;/m0./s1. The molecule has 10 heteroatoms. The van der Waals surface area contributed by atoms with Gasteiger partial charge in [-0.2, -0.15) is 13.2 Å². The number of carbonyl (C=O) groups is 1. The van der Waals surface area contributed by atoms with Crippen molar-refractivity contribution in [3.05, 3.63) is 59.4 Å². The van der Waals surface area contributed by atoms with Crippen molar-refractivity contribution < 1.29 is 36.9 Å². The van der Waals surface area contributed by atoms with E-state index in [1.165, 1.54) is 6.07 Å². The highest BCUT2D eigenvalue weighted by Crippen LogP contribution is 2.31. The Kier molecular flexibility index (Phi) is 7.92. The van der Waals surface area contributed by atoms with Gasteiger partial charge in [0.15, 0.2) is 11.5 Å². The summed E-state index contributed by atoms with van der Waals surface area (Å²) in [4.78, 5) is 8.90. The predicted molar refractivity (Wildman–Crippen MR) is 108 cm³/mol. The maximum absolute atomic E-state index is 13.6. The summed E-state index contributed by atoms with van der Waals surface area (Å²) in [5.74, 6) is -0.982. The number of ether oxygens (including phenoxy) is 2. The van der Waals surface area contributed by atoms with Gasteiger partial charge in [0.1, 0.15) is 19.0 Å². The summed E-state index contributed by atoms with van der Waals surface area (Å²) >= 11 is 0. The van der Waals surface area contributed by atoms with Crippen LogP contribution in [0.3, 0.4) is 0 Å². The van der Waals surface area contributed by atoms with Crippen molar-refractivity contribution in [2.45, 2.75) is 31.1 Å². The number of piperidine rings is 1. The van der Waals surface area contributed by atoms with Crippen LogP contribution in [0.4, 0.5) is 17.6 Å². The van der Waals surface area contributed by atoms with Crippen LogP contribution >= 0.6 is 0 Å². The van der Waals surface area contributed by atoms with Crippen LogP contribution in [0.15, 0.2) is 42.5 Å². The van der Waals surface area contributed by atoms with E-state index in [2.05, 4.69) is 16.7 Å². The Morgan fingerprint density at radius 3 is 2.53 bits per heavy atom. The zero-order chi connectivity index (χ0) is 23.1. The molecule has 0 saturated carbocycles. The minimum atomic E-state index is -5.08. The van der Waals surface area contributed by atoms with Crippen LogP contribution in [0.1, 0.15) is 23.5 Å². The molecular weight excluding hydrogens is 432 g/mol. The van der Waals surface area contributed by atoms with Crippen LogP contribution in [-0.2, 0) is 11.3 Å². The zero-order valence-electron chi connectivity index (χ0n) is 17.1. The van der Waals surface area contributed by atoms with E-state index in [1.54, 1.807) is 12.1 Å². The quantitative estimate of drug-likeness (QED) is 0.612. The van der Waals surface area contributed by atoms with Crippen LogP contribution in [-0.4, -0.2) is 49.6 Å². The third kappa shape index (κ3) is 6.57. The summed E-state index contributed by atoms with van der Waals surface area (Å²) in [7, 11) is 0. The molecule has 2 aliphatic heterocycles. The molecule has 1 fully saturated rings. The summed E-state index contributed by atoms with van der Waals surface area (Å²) in [6.45, 7) is 3.79. The summed E-state index contributed by atoms with van der Waals surface area (Å²) in [6.07, 6.45) is -4.08. The Hall–Kier alpha value is -2.85. The molecule has 0 spiro atoms. The Balaban J connectivity index is 0.000000360. The largest absolute Gasteiger partial charge is 0.490 e. The Morgan fingerprint density at radius 2 is 1.84 bits per heavy atom. The van der Waals surface area contributed by atoms with Gasteiger partial charge >= 0.3 is 12.1 Å². The van der Waals surface area contributed by atoms with Gasteiger partial charge in [-0.1, -0.05) is 18.2 Å². The van der Waals surface area contributed by atoms with E-state index in [9.17, 15) is 17.6 Å². The second kappa shape index (κ2) is 10.6. The third-order valence-corrected chi connectivity index (χ3v) is 5.18. The number of alkyl halides is 3. The molecule has 2 aromatic carbocycles. The van der Waals surface area contributed by atoms with E-state index in [0.717, 1.165) is 48.7 Å². The van der Waals surface area contributed by atoms with Gasteiger partial charge in [-0.3, -0.25) is 0 Å². The molecule has 2 aliphatic rings. The van der Waals surface area contributed by atoms with Gasteiger partial charge in [-0.25, -0.2) is 9.18 Å². The molecule has 0 unspecified atom stereocenters. The second-order valence-corrected chi connectivity index (χ2v) is 7.42. The van der Waals surface area contributed by atoms with Gasteiger partial charge in [-0.15, -0.1) is 0 Å². The number of benzene rings is 2. The Bertz CT molecular complexity index is 923. The van der Waals surface area contributed by atoms with Gasteiger partial charge in [0, 0.05) is 25.0 Å². The van der Waals surface area contributed by atoms with E-state index < -0.39 is 12.1 Å². The maximum Gasteiger partial charge on any atom is 0.490 e. The summed E-state index contributed by atoms with van der Waals surface area (Å²) in [6, 6.07) is 13.3. The molecule has 2 aromatic rings. The van der Waals surface area contributed by atoms with Gasteiger partial charge in [0.2, 0.25) is 0 Å². The molecule has 0 aromatic heterocycles. The molecule has 0 bridgehead atoms. The molecule has 6 nitrogen and oxygen atoms in total. The first kappa shape index (κ1) is 23.8. The highest BCUT2D eigenvalue weighted by molar-refractivity contribution is 5.73. The molecule has 1 saturated heterocycles. The SMILES string of the molecule is Fc1cccc([C@@H]2CCNC[C@@H]2NCc2ccc3c(c2)OCCO3)c1.O=C(O)C(F)(F)F. The molecule has 174 valence electrons. The van der Waals surface area contributed by atoms with E-state index in [-0.39, 0.29) is 11.9 Å². The van der Waals surface area contributed by atoms with Crippen molar-refractivity contribution in [3.63, 3.8) is 0 Å². The average molecular weight is 456 g/mol. The zero-order valence-corrected chi connectivity index (χ0v) is 17.1. The third-order valence-electron chi connectivity index (χ3n) is 5.18. The first-order chi connectivity index (χ1) is 15.2. The van der Waals surface area contributed by atoms with Crippen LogP contribution < -0.4 is 20.1 Å². The normalized spacial score (nSPS) is 20.1. The van der Waals surface area contributed by atoms with E-state index in [4.69, 9.17) is 19.4 Å². The summed E-state index contributed by atoms with van der Waals surface area (Å²) in [5, 5.41) is 14.2. The van der Waals surface area contributed by atoms with Crippen LogP contribution in [0, 0.1) is 5.82 Å². The smallest absolute Gasteiger partial charge is 0.486 e. The summed E-state index contributed by atoms with van der Waals surface area (Å²) in [5.41, 5.74) is 2.23. The molecule has 2 heterocycles. The van der Waals surface area contributed by atoms with E-state index >= 15 is 0 Å². The molecular formula is C22H24F4N2O4. The molecule has 4 rings (SSSR count). The van der Waals surface area contributed by atoms with Gasteiger partial charge < -0.3 is 25.2 Å². The molecule has 0 aliphatic carbocycles. The lowest BCUT2D eigenvalue weighted by Crippen LogP contribution is -2.47. The fraction of sp³-hybridized carbons (Fsp3) is 0.409. The lowest BCUT2D eigenvalue weighted by atomic mass is 9.86. The number of hydrogen-bond acceptors (Lipinski definition) is 5. The van der Waals surface area contributed by atoms with Gasteiger partial charge in [0.25, 0.3) is 0 Å². The minimum absolute atomic E-state index is 0.165. The monoisotopic (exact) mass is 456 g/mol. The molecule has 0 radical (unpaired) electrons. The maximum atomic E-state index is 13.6. The van der Waals surface area contributed by atoms with Gasteiger partial charge in [-0.05, 0) is 48.4 Å². The van der Waals surface area contributed by atoms with Gasteiger partial charge in [0.05, 0.1) is 0 Å². The lowest BCUT2D eigenvalue weighted by molar-refractivity contribution is -0.192. The predicted octanol–water partition coefficient (Wildman–Crippen LogP) is 3.47. The molecule has 2 atom stereocenters. The van der Waals surface area contributed by atoms with Crippen molar-refractivity contribution in [2.75, 3.05) is 26.3 Å². The second-order valence-electron chi connectivity index (χ2n) is 7.42. The van der Waals surface area contributed by atoms with E-state index in [0.29, 0.717) is 19.1 Å².